The number of nitrogens with one attached hydrogen (secondary N) is 1. The van der Waals surface area contributed by atoms with E-state index in [1.54, 1.807) is 7.11 Å². The smallest absolute Gasteiger partial charge is 0.306 e. The molecule has 0 bridgehead atoms. The molecule has 3 aromatic rings. The minimum Gasteiger partial charge on any atom is -0.493 e. The minimum absolute atomic E-state index is 0.0258. The molecule has 2 fully saturated rings. The normalized spacial score (nSPS) is 20.9. The topological polar surface area (TPSA) is 83.6 Å². The number of esters is 1. The molecule has 56 heavy (non-hydrogen) atoms. The molecule has 1 saturated carbocycles. The zero-order valence-electron chi connectivity index (χ0n) is 34.5. The molecule has 0 radical (unpaired) electrons. The Hall–Kier alpha value is -3.63. The molecule has 3 aliphatic rings. The highest BCUT2D eigenvalue weighted by molar-refractivity contribution is 6.30. The maximum Gasteiger partial charge on any atom is 0.306 e. The van der Waals surface area contributed by atoms with Gasteiger partial charge in [0.15, 0.2) is 11.5 Å². The van der Waals surface area contributed by atoms with Crippen molar-refractivity contribution >= 4 is 29.2 Å². The molecule has 1 N–H and O–H groups in total. The van der Waals surface area contributed by atoms with E-state index in [4.69, 9.17) is 25.8 Å². The van der Waals surface area contributed by atoms with Crippen LogP contribution < -0.4 is 19.7 Å². The maximum atomic E-state index is 13.9. The number of carbonyl (C=O) groups is 2. The van der Waals surface area contributed by atoms with Crippen LogP contribution in [0.2, 0.25) is 5.02 Å². The van der Waals surface area contributed by atoms with Gasteiger partial charge >= 0.3 is 5.97 Å². The Balaban J connectivity index is 0.976. The van der Waals surface area contributed by atoms with Gasteiger partial charge in [-0.3, -0.25) is 14.5 Å². The number of rotatable bonds is 15. The fourth-order valence-electron chi connectivity index (χ4n) is 8.59. The van der Waals surface area contributed by atoms with Crippen molar-refractivity contribution in [1.82, 2.24) is 15.1 Å². The number of benzene rings is 3. The van der Waals surface area contributed by atoms with Gasteiger partial charge in [0.25, 0.3) is 0 Å². The first kappa shape index (κ1) is 42.0. The summed E-state index contributed by atoms with van der Waals surface area (Å²) in [7, 11) is 1.63. The van der Waals surface area contributed by atoms with Gasteiger partial charge in [0.1, 0.15) is 5.60 Å². The SMILES string of the molecule is COc1cc2c(cc1OC(C)C)[C@H](c1ccc(Cl)cc1)N(c1ccc(CNCC3CCC(N4CCN(CCCCC(=O)OC(C)(C)C)CC4)CC3)cc1)C(=O)C2. The molecule has 0 spiro atoms. The second kappa shape index (κ2) is 19.2. The van der Waals surface area contributed by atoms with E-state index in [1.807, 2.05) is 75.9 Å². The van der Waals surface area contributed by atoms with Gasteiger partial charge in [-0.25, -0.2) is 0 Å². The number of halogens is 1. The molecule has 304 valence electrons. The van der Waals surface area contributed by atoms with Crippen molar-refractivity contribution in [3.63, 3.8) is 0 Å². The second-order valence-corrected chi connectivity index (χ2v) is 17.6. The average Bonchev–Trinajstić information content (AvgIpc) is 3.16. The lowest BCUT2D eigenvalue weighted by molar-refractivity contribution is -0.154. The molecule has 1 amide bonds. The van der Waals surface area contributed by atoms with Gasteiger partial charge in [0.05, 0.1) is 25.7 Å². The molecule has 6 rings (SSSR count). The fourth-order valence-corrected chi connectivity index (χ4v) is 8.71. The summed E-state index contributed by atoms with van der Waals surface area (Å²) in [4.78, 5) is 33.1. The number of nitrogens with zero attached hydrogens (tertiary/aromatic N) is 3. The summed E-state index contributed by atoms with van der Waals surface area (Å²) in [5.41, 5.74) is 4.61. The van der Waals surface area contributed by atoms with Crippen molar-refractivity contribution < 1.29 is 23.8 Å². The molecule has 1 aliphatic carbocycles. The van der Waals surface area contributed by atoms with Gasteiger partial charge in [-0.05, 0) is 151 Å². The molecule has 10 heteroatoms. The Kier molecular flexibility index (Phi) is 14.4. The third-order valence-electron chi connectivity index (χ3n) is 11.4. The van der Waals surface area contributed by atoms with E-state index in [9.17, 15) is 9.59 Å². The largest absolute Gasteiger partial charge is 0.493 e. The Morgan fingerprint density at radius 3 is 2.25 bits per heavy atom. The lowest BCUT2D eigenvalue weighted by atomic mass is 9.85. The summed E-state index contributed by atoms with van der Waals surface area (Å²) in [5, 5.41) is 4.39. The highest BCUT2D eigenvalue weighted by Gasteiger charge is 2.36. The molecule has 1 saturated heterocycles. The highest BCUT2D eigenvalue weighted by atomic mass is 35.5. The Bertz CT molecular complexity index is 1740. The van der Waals surface area contributed by atoms with E-state index in [2.05, 4.69) is 39.4 Å². The van der Waals surface area contributed by atoms with E-state index in [-0.39, 0.29) is 30.4 Å². The Morgan fingerprint density at radius 2 is 1.61 bits per heavy atom. The van der Waals surface area contributed by atoms with Crippen LogP contribution in [0.15, 0.2) is 60.7 Å². The van der Waals surface area contributed by atoms with Crippen molar-refractivity contribution in [3.05, 3.63) is 87.9 Å². The number of ether oxygens (including phenoxy) is 3. The van der Waals surface area contributed by atoms with Crippen LogP contribution >= 0.6 is 11.6 Å². The van der Waals surface area contributed by atoms with Crippen LogP contribution in [0.1, 0.15) is 108 Å². The molecule has 0 aromatic heterocycles. The first-order valence-electron chi connectivity index (χ1n) is 20.8. The summed E-state index contributed by atoms with van der Waals surface area (Å²) < 4.78 is 17.3. The van der Waals surface area contributed by atoms with Crippen molar-refractivity contribution in [2.24, 2.45) is 5.92 Å². The standard InChI is InChI=1S/C46H63ClN4O5/c1-32(2)55-42-29-40-36(27-41(42)54-6)28-43(52)51(45(40)35-14-16-37(47)17-15-35)39-20-12-34(13-21-39)31-48-30-33-10-18-38(19-11-33)50-25-23-49(24-26-50)22-8-7-9-44(53)56-46(3,4)5/h12-17,20-21,27,29,32-33,38,45,48H,7-11,18-19,22-26,28,30-31H2,1-6H3/t33?,38?,45-/m0/s1. The van der Waals surface area contributed by atoms with E-state index in [0.29, 0.717) is 34.9 Å². The molecule has 1 atom stereocenters. The number of carbonyl (C=O) groups excluding carboxylic acids is 2. The molecule has 2 aliphatic heterocycles. The number of fused-ring (bicyclic) bond motifs is 1. The maximum absolute atomic E-state index is 13.9. The van der Waals surface area contributed by atoms with Crippen LogP contribution in [0.4, 0.5) is 5.69 Å². The van der Waals surface area contributed by atoms with E-state index in [0.717, 1.165) is 81.0 Å². The van der Waals surface area contributed by atoms with Crippen LogP contribution in [-0.4, -0.2) is 85.8 Å². The van der Waals surface area contributed by atoms with Crippen molar-refractivity contribution in [2.75, 3.05) is 51.3 Å². The van der Waals surface area contributed by atoms with Crippen molar-refractivity contribution in [1.29, 1.82) is 0 Å². The number of anilines is 1. The van der Waals surface area contributed by atoms with Crippen LogP contribution in [0.3, 0.4) is 0 Å². The third kappa shape index (κ3) is 11.3. The summed E-state index contributed by atoms with van der Waals surface area (Å²) in [5.74, 6) is 1.95. The zero-order chi connectivity index (χ0) is 39.8. The fraction of sp³-hybridized carbons (Fsp3) is 0.565. The van der Waals surface area contributed by atoms with Crippen molar-refractivity contribution in [3.8, 4) is 11.5 Å². The van der Waals surface area contributed by atoms with Crippen LogP contribution in [0, 0.1) is 5.92 Å². The Morgan fingerprint density at radius 1 is 0.911 bits per heavy atom. The summed E-state index contributed by atoms with van der Waals surface area (Å²) >= 11 is 6.30. The first-order valence-corrected chi connectivity index (χ1v) is 21.2. The summed E-state index contributed by atoms with van der Waals surface area (Å²) in [6.07, 6.45) is 7.78. The minimum atomic E-state index is -0.403. The van der Waals surface area contributed by atoms with Crippen molar-refractivity contribution in [2.45, 2.75) is 116 Å². The third-order valence-corrected chi connectivity index (χ3v) is 11.6. The van der Waals surface area contributed by atoms with E-state index < -0.39 is 5.60 Å². The number of amides is 1. The molecular weight excluding hydrogens is 724 g/mol. The average molecular weight is 787 g/mol. The highest BCUT2D eigenvalue weighted by Crippen LogP contribution is 2.44. The van der Waals surface area contributed by atoms with Gasteiger partial charge in [-0.1, -0.05) is 35.9 Å². The van der Waals surface area contributed by atoms with Gasteiger partial charge in [-0.2, -0.15) is 0 Å². The van der Waals surface area contributed by atoms with Gasteiger partial charge in [-0.15, -0.1) is 0 Å². The van der Waals surface area contributed by atoms with Crippen LogP contribution in [0.5, 0.6) is 11.5 Å². The monoisotopic (exact) mass is 786 g/mol. The lowest BCUT2D eigenvalue weighted by Crippen LogP contribution is -2.51. The molecular formula is C46H63ClN4O5. The van der Waals surface area contributed by atoms with Crippen LogP contribution in [0.25, 0.3) is 0 Å². The van der Waals surface area contributed by atoms with E-state index >= 15 is 0 Å². The summed E-state index contributed by atoms with van der Waals surface area (Å²) in [6, 6.07) is 20.6. The zero-order valence-corrected chi connectivity index (χ0v) is 35.2. The number of piperazine rings is 1. The predicted molar refractivity (Wildman–Crippen MR) is 225 cm³/mol. The Labute approximate surface area is 340 Å². The molecule has 2 heterocycles. The lowest BCUT2D eigenvalue weighted by Gasteiger charge is -2.42. The molecule has 3 aromatic carbocycles. The van der Waals surface area contributed by atoms with Gasteiger partial charge in [0.2, 0.25) is 5.91 Å². The quantitative estimate of drug-likeness (QED) is 0.121. The van der Waals surface area contributed by atoms with E-state index in [1.165, 1.54) is 31.2 Å². The number of unbranched alkanes of at least 4 members (excludes halogenated alkanes) is 1. The van der Waals surface area contributed by atoms with Gasteiger partial charge < -0.3 is 29.3 Å². The molecule has 9 nitrogen and oxygen atoms in total. The second-order valence-electron chi connectivity index (χ2n) is 17.2. The number of methoxy groups -OCH3 is 1. The number of hydrogen-bond acceptors (Lipinski definition) is 8. The molecule has 0 unspecified atom stereocenters. The van der Waals surface area contributed by atoms with Crippen LogP contribution in [-0.2, 0) is 27.3 Å². The predicted octanol–water partition coefficient (Wildman–Crippen LogP) is 8.59. The van der Waals surface area contributed by atoms with Gasteiger partial charge in [0, 0.05) is 55.9 Å². The first-order chi connectivity index (χ1) is 26.9. The number of hydrogen-bond donors (Lipinski definition) is 1. The summed E-state index contributed by atoms with van der Waals surface area (Å²) in [6.45, 7) is 17.2.